The quantitative estimate of drug-likeness (QED) is 0.607. The van der Waals surface area contributed by atoms with Crippen molar-refractivity contribution in [2.24, 2.45) is 4.99 Å². The lowest BCUT2D eigenvalue weighted by Crippen LogP contribution is -2.23. The fourth-order valence-corrected chi connectivity index (χ4v) is 4.23. The summed E-state index contributed by atoms with van der Waals surface area (Å²) in [6.45, 7) is 0.477. The molecule has 1 aromatic carbocycles. The highest BCUT2D eigenvalue weighted by molar-refractivity contribution is 6.48. The molecular weight excluding hydrogens is 419 g/mol. The molecule has 2 aliphatic carbocycles. The third-order valence-electron chi connectivity index (χ3n) is 6.30. The number of nitrogens with one attached hydrogen (secondary N) is 1. The number of rotatable bonds is 6. The summed E-state index contributed by atoms with van der Waals surface area (Å²) in [4.78, 5) is 21.7. The average Bonchev–Trinajstić information content (AvgIpc) is 3.78. The first-order valence-corrected chi connectivity index (χ1v) is 11.4. The van der Waals surface area contributed by atoms with Gasteiger partial charge in [-0.1, -0.05) is 12.1 Å². The van der Waals surface area contributed by atoms with Gasteiger partial charge in [-0.2, -0.15) is 0 Å². The van der Waals surface area contributed by atoms with Gasteiger partial charge in [-0.05, 0) is 67.5 Å². The molecule has 166 valence electrons. The summed E-state index contributed by atoms with van der Waals surface area (Å²) in [6.07, 6.45) is 10.1. The number of dihydropyridines is 1. The van der Waals surface area contributed by atoms with Gasteiger partial charge in [0.05, 0.1) is 5.69 Å². The van der Waals surface area contributed by atoms with Gasteiger partial charge >= 0.3 is 0 Å². The van der Waals surface area contributed by atoms with E-state index in [9.17, 15) is 9.18 Å². The molecule has 0 radical (unpaired) electrons. The molecule has 2 fully saturated rings. The van der Waals surface area contributed by atoms with Gasteiger partial charge in [0.25, 0.3) is 5.91 Å². The van der Waals surface area contributed by atoms with Gasteiger partial charge in [-0.3, -0.25) is 14.8 Å². The second-order valence-electron chi connectivity index (χ2n) is 8.88. The maximum atomic E-state index is 14.5. The minimum Gasteiger partial charge on any atom is -0.321 e. The highest BCUT2D eigenvalue weighted by atomic mass is 19.1. The van der Waals surface area contributed by atoms with Crippen LogP contribution in [0, 0.1) is 5.82 Å². The predicted octanol–water partition coefficient (Wildman–Crippen LogP) is 4.56. The molecule has 2 saturated carbocycles. The Balaban J connectivity index is 1.20. The number of nitrogens with zero attached hydrogens (tertiary/aromatic N) is 5. The number of carbonyl (C=O) groups excluding carboxylic acids is 1. The Morgan fingerprint density at radius 1 is 1.12 bits per heavy atom. The van der Waals surface area contributed by atoms with Gasteiger partial charge in [0, 0.05) is 36.0 Å². The average molecular weight is 442 g/mol. The number of aromatic nitrogens is 4. The van der Waals surface area contributed by atoms with Crippen LogP contribution in [0.4, 0.5) is 10.1 Å². The molecule has 0 unspecified atom stereocenters. The zero-order chi connectivity index (χ0) is 22.4. The minimum absolute atomic E-state index is 0.260. The number of hydrogen-bond acceptors (Lipinski definition) is 5. The number of halogens is 1. The summed E-state index contributed by atoms with van der Waals surface area (Å²) in [5.74, 6) is 0.502. The lowest BCUT2D eigenvalue weighted by Gasteiger charge is -2.14. The van der Waals surface area contributed by atoms with E-state index in [1.165, 1.54) is 6.07 Å². The maximum absolute atomic E-state index is 14.5. The van der Waals surface area contributed by atoms with E-state index in [1.807, 2.05) is 24.3 Å². The van der Waals surface area contributed by atoms with Gasteiger partial charge in [0.2, 0.25) is 0 Å². The Kier molecular flexibility index (Phi) is 4.86. The van der Waals surface area contributed by atoms with Crippen molar-refractivity contribution in [1.29, 1.82) is 0 Å². The Morgan fingerprint density at radius 2 is 2.00 bits per heavy atom. The summed E-state index contributed by atoms with van der Waals surface area (Å²) < 4.78 is 16.6. The van der Waals surface area contributed by atoms with E-state index in [2.05, 4.69) is 30.1 Å². The predicted molar refractivity (Wildman–Crippen MR) is 123 cm³/mol. The monoisotopic (exact) mass is 442 g/mol. The van der Waals surface area contributed by atoms with Gasteiger partial charge in [0.15, 0.2) is 5.82 Å². The summed E-state index contributed by atoms with van der Waals surface area (Å²) >= 11 is 0. The van der Waals surface area contributed by atoms with Crippen molar-refractivity contribution in [2.75, 3.05) is 11.9 Å². The molecule has 3 heterocycles. The number of anilines is 1. The number of benzene rings is 1. The molecule has 33 heavy (non-hydrogen) atoms. The summed E-state index contributed by atoms with van der Waals surface area (Å²) in [6, 6.07) is 9.57. The third-order valence-corrected chi connectivity index (χ3v) is 6.30. The Morgan fingerprint density at radius 3 is 2.79 bits per heavy atom. The second-order valence-corrected chi connectivity index (χ2v) is 8.88. The molecule has 2 aromatic heterocycles. The minimum atomic E-state index is -0.295. The van der Waals surface area contributed by atoms with E-state index in [4.69, 9.17) is 0 Å². The molecule has 1 amide bonds. The van der Waals surface area contributed by atoms with Crippen LogP contribution in [0.15, 0.2) is 53.9 Å². The number of pyridine rings is 1. The third kappa shape index (κ3) is 4.08. The highest BCUT2D eigenvalue weighted by Crippen LogP contribution is 2.40. The van der Waals surface area contributed by atoms with Crippen LogP contribution in [0.1, 0.15) is 55.3 Å². The molecule has 8 heteroatoms. The number of carbonyl (C=O) groups is 1. The number of amides is 1. The van der Waals surface area contributed by atoms with Gasteiger partial charge in [-0.15, -0.1) is 10.2 Å². The zero-order valence-electron chi connectivity index (χ0n) is 18.0. The van der Waals surface area contributed by atoms with Crippen LogP contribution in [-0.2, 0) is 4.79 Å². The molecule has 7 nitrogen and oxygen atoms in total. The van der Waals surface area contributed by atoms with Crippen molar-refractivity contribution in [3.05, 3.63) is 66.0 Å². The van der Waals surface area contributed by atoms with Crippen molar-refractivity contribution in [3.63, 3.8) is 0 Å². The molecule has 1 N–H and O–H groups in total. The molecule has 0 bridgehead atoms. The largest absolute Gasteiger partial charge is 0.321 e. The van der Waals surface area contributed by atoms with E-state index in [0.717, 1.165) is 42.6 Å². The fourth-order valence-electron chi connectivity index (χ4n) is 4.23. The number of hydrogen-bond donors (Lipinski definition) is 1. The zero-order valence-corrected chi connectivity index (χ0v) is 18.0. The molecule has 0 spiro atoms. The van der Waals surface area contributed by atoms with E-state index >= 15 is 0 Å². The van der Waals surface area contributed by atoms with Crippen molar-refractivity contribution in [3.8, 4) is 11.4 Å². The Bertz CT molecular complexity index is 1300. The maximum Gasteiger partial charge on any atom is 0.273 e. The Labute approximate surface area is 190 Å². The van der Waals surface area contributed by atoms with Gasteiger partial charge < -0.3 is 9.88 Å². The van der Waals surface area contributed by atoms with Crippen LogP contribution >= 0.6 is 0 Å². The van der Waals surface area contributed by atoms with Crippen LogP contribution in [0.5, 0.6) is 0 Å². The van der Waals surface area contributed by atoms with E-state index in [1.54, 1.807) is 18.6 Å². The molecule has 0 atom stereocenters. The lowest BCUT2D eigenvalue weighted by atomic mass is 9.99. The van der Waals surface area contributed by atoms with Gasteiger partial charge in [-0.25, -0.2) is 4.39 Å². The fraction of sp³-hybridized carbons (Fsp3) is 0.320. The van der Waals surface area contributed by atoms with Crippen molar-refractivity contribution < 1.29 is 9.18 Å². The molecule has 3 aliphatic rings. The normalized spacial score (nSPS) is 18.0. The Hall–Kier alpha value is -3.68. The summed E-state index contributed by atoms with van der Waals surface area (Å²) in [5, 5.41) is 11.2. The lowest BCUT2D eigenvalue weighted by molar-refractivity contribution is -0.110. The van der Waals surface area contributed by atoms with Crippen LogP contribution in [-0.4, -0.2) is 37.9 Å². The van der Waals surface area contributed by atoms with Crippen molar-refractivity contribution in [1.82, 2.24) is 19.7 Å². The first-order chi connectivity index (χ1) is 16.2. The van der Waals surface area contributed by atoms with Gasteiger partial charge in [0.1, 0.15) is 17.9 Å². The van der Waals surface area contributed by atoms with E-state index < -0.39 is 0 Å². The highest BCUT2D eigenvalue weighted by Gasteiger charge is 2.29. The molecule has 6 rings (SSSR count). The summed E-state index contributed by atoms with van der Waals surface area (Å²) in [7, 11) is 0. The van der Waals surface area contributed by atoms with Crippen molar-refractivity contribution in [2.45, 2.75) is 44.1 Å². The molecular formula is C25H23FN6O. The first-order valence-electron chi connectivity index (χ1n) is 11.4. The second kappa shape index (κ2) is 8.03. The molecule has 3 aromatic rings. The molecule has 1 aliphatic heterocycles. The molecule has 0 saturated heterocycles. The van der Waals surface area contributed by atoms with Crippen molar-refractivity contribution >= 4 is 22.9 Å². The van der Waals surface area contributed by atoms with Crippen LogP contribution < -0.4 is 5.32 Å². The topological polar surface area (TPSA) is 85.1 Å². The SMILES string of the molecule is O=C(Nc1cccc(-c2nncn2C2CC2)c1)C1=NCCC(c2cnc(C3CC3)c(F)c2)=C1. The summed E-state index contributed by atoms with van der Waals surface area (Å²) in [5.41, 5.74) is 4.02. The standard InChI is InChI=1S/C25H23FN6O/c26-21-11-18(13-28-23(21)15-4-5-15)16-8-9-27-22(12-16)25(33)30-19-3-1-2-17(10-19)24-31-29-14-32(24)20-6-7-20/h1-3,10-15,20H,4-9H2,(H,30,33). The first kappa shape index (κ1) is 20.0. The van der Waals surface area contributed by atoms with Crippen LogP contribution in [0.25, 0.3) is 17.0 Å². The smallest absolute Gasteiger partial charge is 0.273 e. The van der Waals surface area contributed by atoms with E-state index in [0.29, 0.717) is 41.7 Å². The van der Waals surface area contributed by atoms with Crippen LogP contribution in [0.3, 0.4) is 0 Å². The van der Waals surface area contributed by atoms with E-state index in [-0.39, 0.29) is 17.6 Å². The van der Waals surface area contributed by atoms with Crippen LogP contribution in [0.2, 0.25) is 0 Å². The number of aliphatic imine (C=N–C) groups is 1.